The minimum Gasteiger partial charge on any atom is -0.377 e. The van der Waals surface area contributed by atoms with Crippen molar-refractivity contribution in [2.45, 2.75) is 44.4 Å². The van der Waals surface area contributed by atoms with Crippen molar-refractivity contribution < 1.29 is 4.74 Å². The Morgan fingerprint density at radius 3 is 2.65 bits per heavy atom. The smallest absolute Gasteiger partial charge is 0.0700 e. The molecule has 3 nitrogen and oxygen atoms in total. The second-order valence-electron chi connectivity index (χ2n) is 6.05. The van der Waals surface area contributed by atoms with Crippen LogP contribution in [0.1, 0.15) is 37.8 Å². The van der Waals surface area contributed by atoms with Gasteiger partial charge in [0.2, 0.25) is 0 Å². The van der Waals surface area contributed by atoms with E-state index in [1.54, 1.807) is 0 Å². The summed E-state index contributed by atoms with van der Waals surface area (Å²) in [7, 11) is 0. The second-order valence-corrected chi connectivity index (χ2v) is 6.05. The summed E-state index contributed by atoms with van der Waals surface area (Å²) in [5.41, 5.74) is 1.44. The van der Waals surface area contributed by atoms with Crippen molar-refractivity contribution in [3.63, 3.8) is 0 Å². The lowest BCUT2D eigenvalue weighted by Gasteiger charge is -2.30. The fourth-order valence-corrected chi connectivity index (χ4v) is 3.45. The van der Waals surface area contributed by atoms with Gasteiger partial charge in [0, 0.05) is 25.2 Å². The van der Waals surface area contributed by atoms with Crippen molar-refractivity contribution in [2.24, 2.45) is 0 Å². The summed E-state index contributed by atoms with van der Waals surface area (Å²) >= 11 is 0. The van der Waals surface area contributed by atoms with Crippen LogP contribution < -0.4 is 5.32 Å². The van der Waals surface area contributed by atoms with Crippen LogP contribution in [0.5, 0.6) is 0 Å². The van der Waals surface area contributed by atoms with Gasteiger partial charge >= 0.3 is 0 Å². The maximum atomic E-state index is 5.65. The Morgan fingerprint density at radius 2 is 2.00 bits per heavy atom. The average molecular weight is 274 g/mol. The van der Waals surface area contributed by atoms with Crippen LogP contribution in [0.25, 0.3) is 0 Å². The van der Waals surface area contributed by atoms with E-state index in [0.717, 1.165) is 19.6 Å². The zero-order valence-electron chi connectivity index (χ0n) is 12.4. The van der Waals surface area contributed by atoms with Crippen molar-refractivity contribution in [3.8, 4) is 0 Å². The standard InChI is InChI=1S/C17H26N2O/c1-14-16(9-12-20-14)18-13-17(19-10-5-6-11-19)15-7-3-2-4-8-15/h2-4,7-8,14,16-18H,5-6,9-13H2,1H3. The molecule has 2 aliphatic rings. The fourth-order valence-electron chi connectivity index (χ4n) is 3.45. The highest BCUT2D eigenvalue weighted by molar-refractivity contribution is 5.19. The van der Waals surface area contributed by atoms with Gasteiger partial charge in [-0.05, 0) is 44.8 Å². The number of ether oxygens (including phenoxy) is 1. The van der Waals surface area contributed by atoms with E-state index in [1.807, 2.05) is 0 Å². The van der Waals surface area contributed by atoms with Crippen LogP contribution in [0, 0.1) is 0 Å². The van der Waals surface area contributed by atoms with Gasteiger partial charge in [-0.1, -0.05) is 30.3 Å². The second kappa shape index (κ2) is 6.70. The normalized spacial score (nSPS) is 28.9. The molecule has 0 aromatic heterocycles. The third kappa shape index (κ3) is 3.22. The van der Waals surface area contributed by atoms with Gasteiger partial charge in [0.15, 0.2) is 0 Å². The summed E-state index contributed by atoms with van der Waals surface area (Å²) in [5.74, 6) is 0. The quantitative estimate of drug-likeness (QED) is 0.893. The number of hydrogen-bond donors (Lipinski definition) is 1. The van der Waals surface area contributed by atoms with Crippen LogP contribution in [0.4, 0.5) is 0 Å². The number of hydrogen-bond acceptors (Lipinski definition) is 3. The number of likely N-dealkylation sites (tertiary alicyclic amines) is 1. The largest absolute Gasteiger partial charge is 0.377 e. The molecule has 110 valence electrons. The van der Waals surface area contributed by atoms with Gasteiger partial charge in [0.05, 0.1) is 6.10 Å². The van der Waals surface area contributed by atoms with E-state index in [2.05, 4.69) is 47.5 Å². The van der Waals surface area contributed by atoms with E-state index in [0.29, 0.717) is 18.2 Å². The molecule has 2 saturated heterocycles. The van der Waals surface area contributed by atoms with Gasteiger partial charge in [-0.15, -0.1) is 0 Å². The van der Waals surface area contributed by atoms with Crippen molar-refractivity contribution >= 4 is 0 Å². The molecule has 20 heavy (non-hydrogen) atoms. The van der Waals surface area contributed by atoms with Crippen molar-refractivity contribution in [3.05, 3.63) is 35.9 Å². The topological polar surface area (TPSA) is 24.5 Å². The monoisotopic (exact) mass is 274 g/mol. The SMILES string of the molecule is CC1OCCC1NCC(c1ccccc1)N1CCCC1. The summed E-state index contributed by atoms with van der Waals surface area (Å²) in [5, 5.41) is 3.74. The van der Waals surface area contributed by atoms with Crippen molar-refractivity contribution in [1.82, 2.24) is 10.2 Å². The molecule has 1 N–H and O–H groups in total. The molecule has 3 atom stereocenters. The highest BCUT2D eigenvalue weighted by atomic mass is 16.5. The Morgan fingerprint density at radius 1 is 1.25 bits per heavy atom. The maximum Gasteiger partial charge on any atom is 0.0700 e. The molecule has 0 spiro atoms. The minimum absolute atomic E-state index is 0.352. The highest BCUT2D eigenvalue weighted by Crippen LogP contribution is 2.25. The van der Waals surface area contributed by atoms with E-state index in [4.69, 9.17) is 4.74 Å². The first-order valence-corrected chi connectivity index (χ1v) is 7.98. The van der Waals surface area contributed by atoms with Crippen molar-refractivity contribution in [2.75, 3.05) is 26.2 Å². The van der Waals surface area contributed by atoms with Gasteiger partial charge in [0.25, 0.3) is 0 Å². The molecular weight excluding hydrogens is 248 g/mol. The van der Waals surface area contributed by atoms with Gasteiger partial charge < -0.3 is 10.1 Å². The molecule has 0 amide bonds. The van der Waals surface area contributed by atoms with Crippen LogP contribution >= 0.6 is 0 Å². The molecule has 3 rings (SSSR count). The summed E-state index contributed by atoms with van der Waals surface area (Å²) in [6.07, 6.45) is 4.17. The molecule has 2 heterocycles. The minimum atomic E-state index is 0.352. The highest BCUT2D eigenvalue weighted by Gasteiger charge is 2.27. The van der Waals surface area contributed by atoms with E-state index < -0.39 is 0 Å². The predicted octanol–water partition coefficient (Wildman–Crippen LogP) is 2.59. The Hall–Kier alpha value is -0.900. The predicted molar refractivity (Wildman–Crippen MR) is 81.8 cm³/mol. The lowest BCUT2D eigenvalue weighted by atomic mass is 10.0. The molecule has 0 bridgehead atoms. The van der Waals surface area contributed by atoms with E-state index >= 15 is 0 Å². The van der Waals surface area contributed by atoms with Crippen LogP contribution in [0.2, 0.25) is 0 Å². The van der Waals surface area contributed by atoms with Crippen molar-refractivity contribution in [1.29, 1.82) is 0 Å². The number of nitrogens with one attached hydrogen (secondary N) is 1. The number of benzene rings is 1. The number of nitrogens with zero attached hydrogens (tertiary/aromatic N) is 1. The molecule has 2 fully saturated rings. The Kier molecular flexibility index (Phi) is 4.71. The average Bonchev–Trinajstić information content (AvgIpc) is 3.13. The summed E-state index contributed by atoms with van der Waals surface area (Å²) < 4.78 is 5.65. The van der Waals surface area contributed by atoms with Gasteiger partial charge in [-0.2, -0.15) is 0 Å². The van der Waals surface area contributed by atoms with E-state index in [1.165, 1.54) is 31.5 Å². The summed E-state index contributed by atoms with van der Waals surface area (Å²) in [6.45, 7) is 6.58. The molecule has 3 unspecified atom stereocenters. The van der Waals surface area contributed by atoms with Crippen LogP contribution in [0.3, 0.4) is 0 Å². The molecule has 0 saturated carbocycles. The zero-order chi connectivity index (χ0) is 13.8. The molecular formula is C17H26N2O. The van der Waals surface area contributed by atoms with E-state index in [-0.39, 0.29) is 0 Å². The van der Waals surface area contributed by atoms with E-state index in [9.17, 15) is 0 Å². The molecule has 1 aromatic carbocycles. The lowest BCUT2D eigenvalue weighted by Crippen LogP contribution is -2.41. The van der Waals surface area contributed by atoms with Crippen LogP contribution in [-0.4, -0.2) is 43.3 Å². The van der Waals surface area contributed by atoms with Gasteiger partial charge in [0.1, 0.15) is 0 Å². The molecule has 0 radical (unpaired) electrons. The maximum absolute atomic E-state index is 5.65. The zero-order valence-corrected chi connectivity index (χ0v) is 12.4. The number of rotatable bonds is 5. The molecule has 1 aromatic rings. The van der Waals surface area contributed by atoms with Crippen LogP contribution in [0.15, 0.2) is 30.3 Å². The third-order valence-electron chi connectivity index (χ3n) is 4.72. The first-order valence-electron chi connectivity index (χ1n) is 7.98. The summed E-state index contributed by atoms with van der Waals surface area (Å²) in [4.78, 5) is 2.63. The van der Waals surface area contributed by atoms with Gasteiger partial charge in [-0.3, -0.25) is 4.90 Å². The Balaban J connectivity index is 1.66. The Bertz CT molecular complexity index is 403. The first kappa shape index (κ1) is 14.1. The van der Waals surface area contributed by atoms with Crippen LogP contribution in [-0.2, 0) is 4.74 Å². The third-order valence-corrected chi connectivity index (χ3v) is 4.72. The molecule has 2 aliphatic heterocycles. The molecule has 0 aliphatic carbocycles. The lowest BCUT2D eigenvalue weighted by molar-refractivity contribution is 0.111. The summed E-state index contributed by atoms with van der Waals surface area (Å²) in [6, 6.07) is 12.0. The fraction of sp³-hybridized carbons (Fsp3) is 0.647. The first-order chi connectivity index (χ1) is 9.84. The molecule has 3 heteroatoms. The van der Waals surface area contributed by atoms with Gasteiger partial charge in [-0.25, -0.2) is 0 Å². The Labute approximate surface area is 122 Å².